The fourth-order valence-corrected chi connectivity index (χ4v) is 2.85. The minimum Gasteiger partial charge on any atom is -0.377 e. The summed E-state index contributed by atoms with van der Waals surface area (Å²) < 4.78 is 1.77. The lowest BCUT2D eigenvalue weighted by molar-refractivity contribution is 0.925. The van der Waals surface area contributed by atoms with E-state index in [4.69, 9.17) is 11.6 Å². The maximum absolute atomic E-state index is 6.07. The van der Waals surface area contributed by atoms with E-state index in [1.54, 1.807) is 29.4 Å². The summed E-state index contributed by atoms with van der Waals surface area (Å²) in [7, 11) is 0. The van der Waals surface area contributed by atoms with E-state index in [-0.39, 0.29) is 0 Å². The highest BCUT2D eigenvalue weighted by Gasteiger charge is 2.14. The molecule has 0 amide bonds. The van der Waals surface area contributed by atoms with Crippen molar-refractivity contribution in [2.75, 3.05) is 5.32 Å². The molecule has 3 heterocycles. The van der Waals surface area contributed by atoms with Gasteiger partial charge in [-0.15, -0.1) is 0 Å². The molecule has 0 saturated heterocycles. The predicted octanol–water partition coefficient (Wildman–Crippen LogP) is 4.06. The molecule has 118 valence electrons. The van der Waals surface area contributed by atoms with Gasteiger partial charge in [-0.05, 0) is 35.9 Å². The maximum Gasteiger partial charge on any atom is 0.117 e. The topological polar surface area (TPSA) is 55.1 Å². The third-order valence-electron chi connectivity index (χ3n) is 3.75. The molecule has 4 aromatic rings. The molecule has 1 aromatic carbocycles. The van der Waals surface area contributed by atoms with Gasteiger partial charge >= 0.3 is 0 Å². The Morgan fingerprint density at radius 3 is 2.67 bits per heavy atom. The molecule has 24 heavy (non-hydrogen) atoms. The number of anilines is 1. The third-order valence-corrected chi connectivity index (χ3v) is 3.99. The van der Waals surface area contributed by atoms with Crippen molar-refractivity contribution >= 4 is 22.8 Å². The monoisotopic (exact) mass is 335 g/mol. The molecule has 5 nitrogen and oxygen atoms in total. The van der Waals surface area contributed by atoms with E-state index in [1.165, 1.54) is 0 Å². The van der Waals surface area contributed by atoms with Crippen molar-refractivity contribution in [2.24, 2.45) is 0 Å². The van der Waals surface area contributed by atoms with E-state index in [0.29, 0.717) is 6.54 Å². The fourth-order valence-electron chi connectivity index (χ4n) is 2.63. The lowest BCUT2D eigenvalue weighted by Gasteiger charge is -2.08. The zero-order chi connectivity index (χ0) is 16.4. The Bertz CT molecular complexity index is 981. The highest BCUT2D eigenvalue weighted by Crippen LogP contribution is 2.30. The Morgan fingerprint density at radius 2 is 1.83 bits per heavy atom. The lowest BCUT2D eigenvalue weighted by Crippen LogP contribution is -2.00. The van der Waals surface area contributed by atoms with Crippen LogP contribution in [0.1, 0.15) is 5.56 Å². The number of hydrogen-bond acceptors (Lipinski definition) is 4. The molecule has 0 saturated carbocycles. The molecule has 0 radical (unpaired) electrons. The second-order valence-corrected chi connectivity index (χ2v) is 5.79. The van der Waals surface area contributed by atoms with E-state index in [1.807, 2.05) is 42.5 Å². The minimum atomic E-state index is 0.655. The molecule has 0 unspecified atom stereocenters. The summed E-state index contributed by atoms with van der Waals surface area (Å²) in [5.74, 6) is 0. The molecular weight excluding hydrogens is 322 g/mol. The van der Waals surface area contributed by atoms with Gasteiger partial charge in [0.1, 0.15) is 12.0 Å². The van der Waals surface area contributed by atoms with Crippen molar-refractivity contribution in [1.82, 2.24) is 19.6 Å². The van der Waals surface area contributed by atoms with Crippen LogP contribution in [-0.2, 0) is 6.54 Å². The zero-order valence-corrected chi connectivity index (χ0v) is 13.5. The molecule has 0 aliphatic heterocycles. The van der Waals surface area contributed by atoms with Crippen LogP contribution in [-0.4, -0.2) is 19.6 Å². The van der Waals surface area contributed by atoms with Gasteiger partial charge in [0, 0.05) is 35.7 Å². The number of nitrogens with one attached hydrogen (secondary N) is 1. The van der Waals surface area contributed by atoms with Gasteiger partial charge in [-0.25, -0.2) is 9.50 Å². The Balaban J connectivity index is 1.75. The normalized spacial score (nSPS) is 10.9. The standard InChI is InChI=1S/C18H14ClN5/c19-15-3-1-2-13(10-15)11-22-18-16-6-9-21-12-24(16)23-17(18)14-4-7-20-8-5-14/h1-10,12,22H,11H2. The van der Waals surface area contributed by atoms with Crippen LogP contribution in [0.3, 0.4) is 0 Å². The SMILES string of the molecule is Clc1cccc(CNc2c(-c3ccncc3)nn3cnccc23)c1. The molecule has 3 aromatic heterocycles. The number of halogens is 1. The third kappa shape index (κ3) is 2.81. The van der Waals surface area contributed by atoms with Crippen LogP contribution in [0.4, 0.5) is 5.69 Å². The first-order valence-corrected chi connectivity index (χ1v) is 7.90. The first kappa shape index (κ1) is 14.7. The fraction of sp³-hybridized carbons (Fsp3) is 0.0556. The van der Waals surface area contributed by atoms with Crippen molar-refractivity contribution in [3.05, 3.63) is 78.0 Å². The average Bonchev–Trinajstić information content (AvgIpc) is 2.99. The average molecular weight is 336 g/mol. The summed E-state index contributed by atoms with van der Waals surface area (Å²) in [6.07, 6.45) is 6.99. The van der Waals surface area contributed by atoms with Crippen LogP contribution in [0, 0.1) is 0 Å². The van der Waals surface area contributed by atoms with Gasteiger partial charge in [-0.3, -0.25) is 4.98 Å². The second kappa shape index (κ2) is 6.29. The van der Waals surface area contributed by atoms with Gasteiger partial charge in [0.25, 0.3) is 0 Å². The number of fused-ring (bicyclic) bond motifs is 1. The first-order valence-electron chi connectivity index (χ1n) is 7.52. The van der Waals surface area contributed by atoms with E-state index in [9.17, 15) is 0 Å². The minimum absolute atomic E-state index is 0.655. The van der Waals surface area contributed by atoms with Crippen LogP contribution in [0.15, 0.2) is 67.4 Å². The molecule has 0 aliphatic carbocycles. The van der Waals surface area contributed by atoms with Crippen molar-refractivity contribution in [3.8, 4) is 11.3 Å². The summed E-state index contributed by atoms with van der Waals surface area (Å²) >= 11 is 6.07. The van der Waals surface area contributed by atoms with Crippen LogP contribution in [0.5, 0.6) is 0 Å². The second-order valence-electron chi connectivity index (χ2n) is 5.35. The summed E-state index contributed by atoms with van der Waals surface area (Å²) in [4.78, 5) is 8.21. The van der Waals surface area contributed by atoms with Gasteiger partial charge in [-0.1, -0.05) is 23.7 Å². The number of nitrogens with zero attached hydrogens (tertiary/aromatic N) is 4. The Morgan fingerprint density at radius 1 is 1.00 bits per heavy atom. The Hall–Kier alpha value is -2.92. The molecule has 0 atom stereocenters. The van der Waals surface area contributed by atoms with E-state index in [2.05, 4.69) is 20.4 Å². The van der Waals surface area contributed by atoms with Crippen LogP contribution < -0.4 is 5.32 Å². The Labute approximate surface area is 144 Å². The number of aromatic nitrogens is 4. The molecule has 0 fully saturated rings. The predicted molar refractivity (Wildman–Crippen MR) is 95.0 cm³/mol. The molecule has 0 aliphatic rings. The van der Waals surface area contributed by atoms with E-state index < -0.39 is 0 Å². The zero-order valence-electron chi connectivity index (χ0n) is 12.7. The summed E-state index contributed by atoms with van der Waals surface area (Å²) in [5, 5.41) is 8.87. The van der Waals surface area contributed by atoms with E-state index in [0.717, 1.165) is 33.0 Å². The highest BCUT2D eigenvalue weighted by atomic mass is 35.5. The van der Waals surface area contributed by atoms with Crippen LogP contribution >= 0.6 is 11.6 Å². The number of benzene rings is 1. The van der Waals surface area contributed by atoms with E-state index >= 15 is 0 Å². The summed E-state index contributed by atoms with van der Waals surface area (Å²) in [5.41, 5.74) is 4.91. The number of pyridine rings is 1. The molecule has 6 heteroatoms. The van der Waals surface area contributed by atoms with Gasteiger partial charge in [0.15, 0.2) is 0 Å². The molecule has 0 spiro atoms. The van der Waals surface area contributed by atoms with Gasteiger partial charge in [0.05, 0.1) is 11.2 Å². The Kier molecular flexibility index (Phi) is 3.84. The molecule has 4 rings (SSSR count). The largest absolute Gasteiger partial charge is 0.377 e. The number of rotatable bonds is 4. The van der Waals surface area contributed by atoms with Crippen molar-refractivity contribution in [1.29, 1.82) is 0 Å². The maximum atomic E-state index is 6.07. The first-order chi connectivity index (χ1) is 11.8. The smallest absolute Gasteiger partial charge is 0.117 e. The van der Waals surface area contributed by atoms with Crippen molar-refractivity contribution in [3.63, 3.8) is 0 Å². The lowest BCUT2D eigenvalue weighted by atomic mass is 10.1. The molecular formula is C18H14ClN5. The summed E-state index contributed by atoms with van der Waals surface area (Å²) in [6, 6.07) is 13.6. The van der Waals surface area contributed by atoms with Crippen molar-refractivity contribution in [2.45, 2.75) is 6.54 Å². The van der Waals surface area contributed by atoms with Crippen LogP contribution in [0.25, 0.3) is 16.8 Å². The summed E-state index contributed by atoms with van der Waals surface area (Å²) in [6.45, 7) is 0.655. The molecule has 0 bridgehead atoms. The van der Waals surface area contributed by atoms with Gasteiger partial charge in [0.2, 0.25) is 0 Å². The molecule has 1 N–H and O–H groups in total. The number of hydrogen-bond donors (Lipinski definition) is 1. The van der Waals surface area contributed by atoms with Crippen molar-refractivity contribution < 1.29 is 0 Å². The van der Waals surface area contributed by atoms with Gasteiger partial charge < -0.3 is 5.32 Å². The quantitative estimate of drug-likeness (QED) is 0.611. The highest BCUT2D eigenvalue weighted by molar-refractivity contribution is 6.30. The van der Waals surface area contributed by atoms with Crippen LogP contribution in [0.2, 0.25) is 5.02 Å². The van der Waals surface area contributed by atoms with Gasteiger partial charge in [-0.2, -0.15) is 5.10 Å².